The Bertz CT molecular complexity index is 694. The van der Waals surface area contributed by atoms with E-state index in [0.717, 1.165) is 30.8 Å². The van der Waals surface area contributed by atoms with Gasteiger partial charge in [0.1, 0.15) is 11.9 Å². The van der Waals surface area contributed by atoms with E-state index in [1.165, 1.54) is 5.70 Å². The summed E-state index contributed by atoms with van der Waals surface area (Å²) in [6, 6.07) is 6.08. The molecule has 0 bridgehead atoms. The first-order valence-electron chi connectivity index (χ1n) is 7.09. The summed E-state index contributed by atoms with van der Waals surface area (Å²) in [7, 11) is 0. The number of rotatable bonds is 3. The number of nitrogens with one attached hydrogen (secondary N) is 1. The molecule has 5 nitrogen and oxygen atoms in total. The minimum atomic E-state index is 0.260. The van der Waals surface area contributed by atoms with Crippen molar-refractivity contribution in [3.8, 4) is 6.07 Å². The predicted molar refractivity (Wildman–Crippen MR) is 81.5 cm³/mol. The van der Waals surface area contributed by atoms with Crippen LogP contribution in [0, 0.1) is 18.3 Å². The van der Waals surface area contributed by atoms with E-state index < -0.39 is 0 Å². The van der Waals surface area contributed by atoms with Gasteiger partial charge in [-0.1, -0.05) is 0 Å². The fraction of sp³-hybridized carbons (Fsp3) is 0.312. The van der Waals surface area contributed by atoms with Crippen LogP contribution in [0.15, 0.2) is 36.9 Å². The first-order chi connectivity index (χ1) is 10.3. The number of pyridine rings is 1. The van der Waals surface area contributed by atoms with E-state index in [9.17, 15) is 0 Å². The third-order valence-electron chi connectivity index (χ3n) is 3.72. The van der Waals surface area contributed by atoms with Gasteiger partial charge in [0, 0.05) is 24.1 Å². The van der Waals surface area contributed by atoms with E-state index >= 15 is 0 Å². The molecule has 106 valence electrons. The molecule has 1 N–H and O–H groups in total. The highest BCUT2D eigenvalue weighted by Crippen LogP contribution is 2.24. The molecule has 21 heavy (non-hydrogen) atoms. The number of anilines is 1. The molecular formula is C16H17N5. The molecule has 2 aromatic rings. The number of hydrogen-bond acceptors (Lipinski definition) is 4. The first kappa shape index (κ1) is 13.4. The SMILES string of the molecule is Cc1nc(NC2C=C(n3ccnc3)CCC2)ccc1C#N. The fourth-order valence-electron chi connectivity index (χ4n) is 2.61. The van der Waals surface area contributed by atoms with Crippen LogP contribution in [0.3, 0.4) is 0 Å². The molecule has 5 heteroatoms. The summed E-state index contributed by atoms with van der Waals surface area (Å²) in [5, 5.41) is 12.4. The average molecular weight is 279 g/mol. The maximum absolute atomic E-state index is 8.94. The summed E-state index contributed by atoms with van der Waals surface area (Å²) >= 11 is 0. The Hall–Kier alpha value is -2.61. The molecule has 0 fully saturated rings. The van der Waals surface area contributed by atoms with E-state index in [2.05, 4.69) is 32.0 Å². The number of aryl methyl sites for hydroxylation is 1. The number of hydrogen-bond donors (Lipinski definition) is 1. The first-order valence-corrected chi connectivity index (χ1v) is 7.09. The maximum Gasteiger partial charge on any atom is 0.126 e. The molecule has 3 rings (SSSR count). The highest BCUT2D eigenvalue weighted by molar-refractivity contribution is 5.51. The van der Waals surface area contributed by atoms with Crippen molar-refractivity contribution in [2.45, 2.75) is 32.2 Å². The molecule has 1 aliphatic carbocycles. The zero-order valence-corrected chi connectivity index (χ0v) is 12.0. The molecule has 2 aromatic heterocycles. The molecule has 0 spiro atoms. The minimum absolute atomic E-state index is 0.260. The van der Waals surface area contributed by atoms with Crippen molar-refractivity contribution in [2.75, 3.05) is 5.32 Å². The molecule has 0 amide bonds. The normalized spacial score (nSPS) is 17.9. The fourth-order valence-corrected chi connectivity index (χ4v) is 2.61. The van der Waals surface area contributed by atoms with Crippen LogP contribution in [0.5, 0.6) is 0 Å². The Morgan fingerprint density at radius 1 is 1.43 bits per heavy atom. The zero-order valence-electron chi connectivity index (χ0n) is 12.0. The quantitative estimate of drug-likeness (QED) is 0.938. The number of aromatic nitrogens is 3. The molecule has 0 radical (unpaired) electrons. The minimum Gasteiger partial charge on any atom is -0.364 e. The topological polar surface area (TPSA) is 66.5 Å². The Kier molecular flexibility index (Phi) is 3.69. The molecule has 1 unspecified atom stereocenters. The maximum atomic E-state index is 8.94. The van der Waals surface area contributed by atoms with Crippen molar-refractivity contribution < 1.29 is 0 Å². The second-order valence-electron chi connectivity index (χ2n) is 5.21. The molecule has 0 saturated heterocycles. The van der Waals surface area contributed by atoms with Gasteiger partial charge in [0.05, 0.1) is 17.6 Å². The van der Waals surface area contributed by atoms with E-state index in [-0.39, 0.29) is 6.04 Å². The summed E-state index contributed by atoms with van der Waals surface area (Å²) in [6.45, 7) is 1.86. The lowest BCUT2D eigenvalue weighted by Crippen LogP contribution is -2.22. The Morgan fingerprint density at radius 3 is 3.05 bits per heavy atom. The summed E-state index contributed by atoms with van der Waals surface area (Å²) in [5.41, 5.74) is 2.65. The van der Waals surface area contributed by atoms with Crippen LogP contribution in [-0.2, 0) is 0 Å². The molecule has 1 aliphatic rings. The van der Waals surface area contributed by atoms with Gasteiger partial charge in [0.25, 0.3) is 0 Å². The van der Waals surface area contributed by atoms with Crippen molar-refractivity contribution in [1.82, 2.24) is 14.5 Å². The summed E-state index contributed by atoms with van der Waals surface area (Å²) < 4.78 is 2.06. The highest BCUT2D eigenvalue weighted by Gasteiger charge is 2.15. The third kappa shape index (κ3) is 2.95. The lowest BCUT2D eigenvalue weighted by atomic mass is 10.00. The van der Waals surface area contributed by atoms with Crippen molar-refractivity contribution in [2.24, 2.45) is 0 Å². The van der Waals surface area contributed by atoms with Crippen molar-refractivity contribution in [1.29, 1.82) is 5.26 Å². The van der Waals surface area contributed by atoms with E-state index in [0.29, 0.717) is 5.56 Å². The Labute approximate surface area is 124 Å². The molecule has 1 atom stereocenters. The monoisotopic (exact) mass is 279 g/mol. The molecular weight excluding hydrogens is 262 g/mol. The standard InChI is InChI=1S/C16H17N5/c1-12-13(10-17)5-6-16(19-12)20-14-3-2-4-15(9-14)21-8-7-18-11-21/h5-9,11,14H,2-4H2,1H3,(H,19,20). The van der Waals surface area contributed by atoms with Crippen molar-refractivity contribution >= 4 is 11.5 Å². The number of nitriles is 1. The van der Waals surface area contributed by atoms with Crippen LogP contribution in [0.4, 0.5) is 5.82 Å². The van der Waals surface area contributed by atoms with E-state index in [1.54, 1.807) is 6.20 Å². The van der Waals surface area contributed by atoms with Gasteiger partial charge in [-0.05, 0) is 44.4 Å². The third-order valence-corrected chi connectivity index (χ3v) is 3.72. The van der Waals surface area contributed by atoms with Crippen LogP contribution >= 0.6 is 0 Å². The van der Waals surface area contributed by atoms with E-state index in [1.807, 2.05) is 31.6 Å². The number of allylic oxidation sites excluding steroid dienone is 1. The number of imidazole rings is 1. The van der Waals surface area contributed by atoms with Gasteiger partial charge in [-0.15, -0.1) is 0 Å². The van der Waals surface area contributed by atoms with Gasteiger partial charge < -0.3 is 9.88 Å². The Morgan fingerprint density at radius 2 is 2.33 bits per heavy atom. The smallest absolute Gasteiger partial charge is 0.126 e. The summed E-state index contributed by atoms with van der Waals surface area (Å²) in [5.74, 6) is 0.819. The van der Waals surface area contributed by atoms with Crippen LogP contribution < -0.4 is 5.32 Å². The van der Waals surface area contributed by atoms with Crippen molar-refractivity contribution in [3.05, 3.63) is 48.2 Å². The lowest BCUT2D eigenvalue weighted by Gasteiger charge is -2.23. The van der Waals surface area contributed by atoms with Gasteiger partial charge >= 0.3 is 0 Å². The van der Waals surface area contributed by atoms with Gasteiger partial charge in [-0.3, -0.25) is 0 Å². The number of nitrogens with zero attached hydrogens (tertiary/aromatic N) is 4. The second kappa shape index (κ2) is 5.80. The van der Waals surface area contributed by atoms with Crippen LogP contribution in [0.2, 0.25) is 0 Å². The summed E-state index contributed by atoms with van der Waals surface area (Å²) in [6.07, 6.45) is 11.1. The molecule has 0 aliphatic heterocycles. The van der Waals surface area contributed by atoms with Crippen LogP contribution in [0.1, 0.15) is 30.5 Å². The van der Waals surface area contributed by atoms with Crippen molar-refractivity contribution in [3.63, 3.8) is 0 Å². The zero-order chi connectivity index (χ0) is 14.7. The van der Waals surface area contributed by atoms with Gasteiger partial charge in [-0.25, -0.2) is 9.97 Å². The lowest BCUT2D eigenvalue weighted by molar-refractivity contribution is 0.664. The van der Waals surface area contributed by atoms with E-state index in [4.69, 9.17) is 5.26 Å². The average Bonchev–Trinajstić information content (AvgIpc) is 3.02. The van der Waals surface area contributed by atoms with Crippen LogP contribution in [0.25, 0.3) is 5.70 Å². The van der Waals surface area contributed by atoms with Gasteiger partial charge in [0.2, 0.25) is 0 Å². The molecule has 0 aromatic carbocycles. The van der Waals surface area contributed by atoms with Crippen LogP contribution in [-0.4, -0.2) is 20.6 Å². The second-order valence-corrected chi connectivity index (χ2v) is 5.21. The molecule has 0 saturated carbocycles. The predicted octanol–water partition coefficient (Wildman–Crippen LogP) is 2.96. The van der Waals surface area contributed by atoms with Gasteiger partial charge in [0.15, 0.2) is 0 Å². The summed E-state index contributed by atoms with van der Waals surface area (Å²) in [4.78, 5) is 8.54. The van der Waals surface area contributed by atoms with Gasteiger partial charge in [-0.2, -0.15) is 5.26 Å². The highest BCUT2D eigenvalue weighted by atomic mass is 15.1. The largest absolute Gasteiger partial charge is 0.364 e. The Balaban J connectivity index is 1.77. The molecule has 2 heterocycles.